The number of halogens is 1. The molecule has 0 aliphatic heterocycles. The van der Waals surface area contributed by atoms with Crippen LogP contribution in [0.2, 0.25) is 0 Å². The quantitative estimate of drug-likeness (QED) is 0.905. The van der Waals surface area contributed by atoms with Gasteiger partial charge in [0.25, 0.3) is 0 Å². The Kier molecular flexibility index (Phi) is 4.71. The topological polar surface area (TPSA) is 51.0 Å². The van der Waals surface area contributed by atoms with Crippen LogP contribution in [-0.2, 0) is 0 Å². The molecule has 1 N–H and O–H groups in total. The van der Waals surface area contributed by atoms with Crippen LogP contribution in [0.5, 0.6) is 0 Å². The Bertz CT molecular complexity index is 524. The molecule has 5 heteroatoms. The Morgan fingerprint density at radius 1 is 1.26 bits per heavy atom. The summed E-state index contributed by atoms with van der Waals surface area (Å²) in [5, 5.41) is 11.4. The van der Waals surface area contributed by atoms with Gasteiger partial charge in [-0.1, -0.05) is 35.0 Å². The van der Waals surface area contributed by atoms with Gasteiger partial charge in [-0.15, -0.1) is 10.2 Å². The van der Waals surface area contributed by atoms with Crippen LogP contribution in [-0.4, -0.2) is 10.2 Å². The van der Waals surface area contributed by atoms with E-state index >= 15 is 0 Å². The zero-order chi connectivity index (χ0) is 13.8. The third kappa shape index (κ3) is 3.64. The summed E-state index contributed by atoms with van der Waals surface area (Å²) in [6.45, 7) is 6.00. The summed E-state index contributed by atoms with van der Waals surface area (Å²) >= 11 is 3.45. The van der Waals surface area contributed by atoms with Crippen molar-refractivity contribution in [2.45, 2.75) is 39.3 Å². The molecule has 0 saturated heterocycles. The minimum Gasteiger partial charge on any atom is -0.424 e. The fraction of sp³-hybridized carbons (Fsp3) is 0.429. The standard InChI is InChI=1S/C14H18BrN3O/c1-4-13(11-5-7-12(15)8-6-11)16-9(2)14-18-17-10(3)19-14/h5-9,13,16H,4H2,1-3H3/t9-,13+/m1/s1. The molecule has 1 aromatic carbocycles. The molecule has 0 radical (unpaired) electrons. The number of rotatable bonds is 5. The lowest BCUT2D eigenvalue weighted by Gasteiger charge is -2.20. The van der Waals surface area contributed by atoms with Gasteiger partial charge in [-0.05, 0) is 31.0 Å². The molecule has 0 amide bonds. The molecule has 0 bridgehead atoms. The Morgan fingerprint density at radius 3 is 2.47 bits per heavy atom. The Labute approximate surface area is 121 Å². The second-order valence-electron chi connectivity index (χ2n) is 4.56. The molecule has 0 aliphatic rings. The average Bonchev–Trinajstić information content (AvgIpc) is 2.84. The molecule has 102 valence electrons. The average molecular weight is 324 g/mol. The van der Waals surface area contributed by atoms with Crippen molar-refractivity contribution >= 4 is 15.9 Å². The lowest BCUT2D eigenvalue weighted by molar-refractivity contribution is 0.367. The van der Waals surface area contributed by atoms with Gasteiger partial charge in [-0.25, -0.2) is 0 Å². The number of aromatic nitrogens is 2. The van der Waals surface area contributed by atoms with Gasteiger partial charge in [0, 0.05) is 17.4 Å². The van der Waals surface area contributed by atoms with Gasteiger partial charge in [0.1, 0.15) is 0 Å². The lowest BCUT2D eigenvalue weighted by Crippen LogP contribution is -2.24. The second-order valence-corrected chi connectivity index (χ2v) is 5.48. The van der Waals surface area contributed by atoms with Crippen molar-refractivity contribution in [1.82, 2.24) is 15.5 Å². The summed E-state index contributed by atoms with van der Waals surface area (Å²) in [5.41, 5.74) is 1.26. The fourth-order valence-corrected chi connectivity index (χ4v) is 2.27. The molecule has 2 aromatic rings. The molecular formula is C14H18BrN3O. The SMILES string of the molecule is CC[C@H](N[C@H](C)c1nnc(C)o1)c1ccc(Br)cc1. The van der Waals surface area contributed by atoms with Crippen molar-refractivity contribution in [1.29, 1.82) is 0 Å². The largest absolute Gasteiger partial charge is 0.424 e. The van der Waals surface area contributed by atoms with Crippen molar-refractivity contribution < 1.29 is 4.42 Å². The van der Waals surface area contributed by atoms with E-state index < -0.39 is 0 Å². The molecule has 0 saturated carbocycles. The molecule has 0 spiro atoms. The molecule has 19 heavy (non-hydrogen) atoms. The summed E-state index contributed by atoms with van der Waals surface area (Å²) in [5.74, 6) is 1.23. The highest BCUT2D eigenvalue weighted by Gasteiger charge is 2.17. The zero-order valence-electron chi connectivity index (χ0n) is 11.4. The lowest BCUT2D eigenvalue weighted by atomic mass is 10.0. The van der Waals surface area contributed by atoms with Crippen LogP contribution in [0.3, 0.4) is 0 Å². The van der Waals surface area contributed by atoms with Crippen LogP contribution >= 0.6 is 15.9 Å². The van der Waals surface area contributed by atoms with Crippen molar-refractivity contribution in [3.05, 3.63) is 46.1 Å². The maximum atomic E-state index is 5.45. The summed E-state index contributed by atoms with van der Waals surface area (Å²) in [4.78, 5) is 0. The third-order valence-electron chi connectivity index (χ3n) is 3.04. The molecule has 0 fully saturated rings. The maximum Gasteiger partial charge on any atom is 0.233 e. The predicted octanol–water partition coefficient (Wildman–Crippen LogP) is 3.94. The van der Waals surface area contributed by atoms with Crippen LogP contribution in [0.15, 0.2) is 33.2 Å². The summed E-state index contributed by atoms with van der Waals surface area (Å²) < 4.78 is 6.54. The number of aryl methyl sites for hydroxylation is 1. The van der Waals surface area contributed by atoms with Gasteiger partial charge >= 0.3 is 0 Å². The molecule has 0 aliphatic carbocycles. The normalized spacial score (nSPS) is 14.3. The van der Waals surface area contributed by atoms with Gasteiger partial charge in [0.15, 0.2) is 0 Å². The van der Waals surface area contributed by atoms with Crippen molar-refractivity contribution in [2.75, 3.05) is 0 Å². The molecule has 2 rings (SSSR count). The van der Waals surface area contributed by atoms with E-state index in [0.717, 1.165) is 10.9 Å². The molecule has 1 heterocycles. The van der Waals surface area contributed by atoms with E-state index in [0.29, 0.717) is 11.8 Å². The van der Waals surface area contributed by atoms with Crippen molar-refractivity contribution in [3.8, 4) is 0 Å². The van der Waals surface area contributed by atoms with Crippen LogP contribution in [0, 0.1) is 6.92 Å². The first-order chi connectivity index (χ1) is 9.10. The first-order valence-corrected chi connectivity index (χ1v) is 7.21. The van der Waals surface area contributed by atoms with E-state index in [4.69, 9.17) is 4.42 Å². The van der Waals surface area contributed by atoms with E-state index in [1.54, 1.807) is 6.92 Å². The Morgan fingerprint density at radius 2 is 1.95 bits per heavy atom. The monoisotopic (exact) mass is 323 g/mol. The maximum absolute atomic E-state index is 5.45. The smallest absolute Gasteiger partial charge is 0.233 e. The van der Waals surface area contributed by atoms with Gasteiger partial charge in [-0.3, -0.25) is 5.32 Å². The first-order valence-electron chi connectivity index (χ1n) is 6.41. The second kappa shape index (κ2) is 6.30. The molecule has 1 aromatic heterocycles. The first kappa shape index (κ1) is 14.2. The van der Waals surface area contributed by atoms with Crippen LogP contribution in [0.25, 0.3) is 0 Å². The Hall–Kier alpha value is -1.20. The number of nitrogens with zero attached hydrogens (tertiary/aromatic N) is 2. The fourth-order valence-electron chi connectivity index (χ4n) is 2.00. The van der Waals surface area contributed by atoms with Crippen LogP contribution in [0.4, 0.5) is 0 Å². The third-order valence-corrected chi connectivity index (χ3v) is 3.57. The molecule has 2 atom stereocenters. The Balaban J connectivity index is 2.08. The van der Waals surface area contributed by atoms with Crippen LogP contribution < -0.4 is 5.32 Å². The number of hydrogen-bond donors (Lipinski definition) is 1. The number of benzene rings is 1. The van der Waals surface area contributed by atoms with Crippen molar-refractivity contribution in [3.63, 3.8) is 0 Å². The van der Waals surface area contributed by atoms with E-state index in [9.17, 15) is 0 Å². The van der Waals surface area contributed by atoms with E-state index in [1.165, 1.54) is 5.56 Å². The van der Waals surface area contributed by atoms with E-state index in [2.05, 4.69) is 62.6 Å². The predicted molar refractivity (Wildman–Crippen MR) is 77.8 cm³/mol. The van der Waals surface area contributed by atoms with Crippen LogP contribution in [0.1, 0.15) is 49.7 Å². The highest BCUT2D eigenvalue weighted by Crippen LogP contribution is 2.23. The molecule has 4 nitrogen and oxygen atoms in total. The minimum absolute atomic E-state index is 0.0368. The number of hydrogen-bond acceptors (Lipinski definition) is 4. The molecular weight excluding hydrogens is 306 g/mol. The van der Waals surface area contributed by atoms with Gasteiger partial charge in [0.2, 0.25) is 11.8 Å². The summed E-state index contributed by atoms with van der Waals surface area (Å²) in [6, 6.07) is 8.67. The van der Waals surface area contributed by atoms with Crippen molar-refractivity contribution in [2.24, 2.45) is 0 Å². The van der Waals surface area contributed by atoms with E-state index in [1.807, 2.05) is 6.92 Å². The molecule has 0 unspecified atom stereocenters. The summed E-state index contributed by atoms with van der Waals surface area (Å²) in [6.07, 6.45) is 0.999. The highest BCUT2D eigenvalue weighted by molar-refractivity contribution is 9.10. The van der Waals surface area contributed by atoms with Gasteiger partial charge in [0.05, 0.1) is 6.04 Å². The summed E-state index contributed by atoms with van der Waals surface area (Å²) in [7, 11) is 0. The van der Waals surface area contributed by atoms with Gasteiger partial charge < -0.3 is 4.42 Å². The highest BCUT2D eigenvalue weighted by atomic mass is 79.9. The van der Waals surface area contributed by atoms with Gasteiger partial charge in [-0.2, -0.15) is 0 Å². The number of nitrogens with one attached hydrogen (secondary N) is 1. The van der Waals surface area contributed by atoms with E-state index in [-0.39, 0.29) is 12.1 Å². The zero-order valence-corrected chi connectivity index (χ0v) is 12.9. The minimum atomic E-state index is 0.0368.